The molecule has 8 heteroatoms. The second-order valence-corrected chi connectivity index (χ2v) is 7.02. The van der Waals surface area contributed by atoms with E-state index in [9.17, 15) is 14.4 Å². The summed E-state index contributed by atoms with van der Waals surface area (Å²) in [6, 6.07) is 10.9. The van der Waals surface area contributed by atoms with Crippen LogP contribution in [0.1, 0.15) is 12.7 Å². The molecule has 0 aliphatic heterocycles. The van der Waals surface area contributed by atoms with E-state index in [0.717, 1.165) is 17.3 Å². The van der Waals surface area contributed by atoms with Crippen LogP contribution in [0.2, 0.25) is 0 Å². The molecule has 27 heavy (non-hydrogen) atoms. The minimum atomic E-state index is -0.683. The van der Waals surface area contributed by atoms with Gasteiger partial charge in [-0.2, -0.15) is 11.8 Å². The maximum atomic E-state index is 12.4. The summed E-state index contributed by atoms with van der Waals surface area (Å²) in [5.74, 6) is 2.05. The van der Waals surface area contributed by atoms with Crippen molar-refractivity contribution in [3.63, 3.8) is 0 Å². The number of nitrogens with one attached hydrogen (secondary N) is 1. The van der Waals surface area contributed by atoms with Gasteiger partial charge in [-0.1, -0.05) is 12.1 Å². The van der Waals surface area contributed by atoms with E-state index in [2.05, 4.69) is 5.32 Å². The fraction of sp³-hybridized carbons (Fsp3) is 0.316. The summed E-state index contributed by atoms with van der Waals surface area (Å²) in [7, 11) is 0. The summed E-state index contributed by atoms with van der Waals surface area (Å²) in [5, 5.41) is 2.79. The quantitative estimate of drug-likeness (QED) is 0.471. The zero-order chi connectivity index (χ0) is 19.2. The van der Waals surface area contributed by atoms with Crippen LogP contribution in [0.5, 0.6) is 0 Å². The lowest BCUT2D eigenvalue weighted by molar-refractivity contribution is -0.121. The number of carbonyl (C=O) groups is 1. The first-order valence-electron chi connectivity index (χ1n) is 8.71. The minimum absolute atomic E-state index is 0.179. The second-order valence-electron chi connectivity index (χ2n) is 5.91. The highest BCUT2D eigenvalue weighted by molar-refractivity contribution is 7.98. The highest BCUT2D eigenvalue weighted by Crippen LogP contribution is 2.12. The normalized spacial score (nSPS) is 11.0. The highest BCUT2D eigenvalue weighted by Gasteiger charge is 2.14. The van der Waals surface area contributed by atoms with Crippen molar-refractivity contribution in [3.8, 4) is 0 Å². The Morgan fingerprint density at radius 3 is 2.44 bits per heavy atom. The lowest BCUT2D eigenvalue weighted by Crippen LogP contribution is -2.44. The molecular formula is C19H21N3O4S. The van der Waals surface area contributed by atoms with Crippen LogP contribution < -0.4 is 16.4 Å². The lowest BCUT2D eigenvalue weighted by atomic mass is 10.2. The summed E-state index contributed by atoms with van der Waals surface area (Å²) in [6.07, 6.45) is 1.63. The van der Waals surface area contributed by atoms with Crippen molar-refractivity contribution in [2.24, 2.45) is 0 Å². The molecule has 0 atom stereocenters. The Balaban J connectivity index is 1.65. The number of hydrogen-bond donors (Lipinski definition) is 1. The van der Waals surface area contributed by atoms with E-state index in [1.54, 1.807) is 42.3 Å². The summed E-state index contributed by atoms with van der Waals surface area (Å²) in [6.45, 7) is 2.50. The van der Waals surface area contributed by atoms with Crippen LogP contribution in [0.25, 0.3) is 11.0 Å². The van der Waals surface area contributed by atoms with Gasteiger partial charge in [-0.15, -0.1) is 0 Å². The first-order valence-corrected chi connectivity index (χ1v) is 9.86. The third-order valence-corrected chi connectivity index (χ3v) is 5.13. The molecule has 0 aliphatic rings. The van der Waals surface area contributed by atoms with Gasteiger partial charge < -0.3 is 14.3 Å². The molecule has 142 valence electrons. The van der Waals surface area contributed by atoms with Crippen molar-refractivity contribution < 1.29 is 9.21 Å². The molecule has 3 aromatic rings. The molecule has 0 spiro atoms. The topological polar surface area (TPSA) is 86.2 Å². The zero-order valence-electron chi connectivity index (χ0n) is 15.0. The third kappa shape index (κ3) is 4.33. The first-order chi connectivity index (χ1) is 13.1. The predicted molar refractivity (Wildman–Crippen MR) is 106 cm³/mol. The van der Waals surface area contributed by atoms with Gasteiger partial charge in [-0.3, -0.25) is 19.0 Å². The Bertz CT molecular complexity index is 1040. The van der Waals surface area contributed by atoms with E-state index in [1.807, 2.05) is 19.1 Å². The third-order valence-electron chi connectivity index (χ3n) is 4.15. The number of carbonyl (C=O) groups excluding carboxylic acids is 1. The number of fused-ring (bicyclic) bond motifs is 1. The van der Waals surface area contributed by atoms with Crippen molar-refractivity contribution >= 4 is 28.7 Å². The minimum Gasteiger partial charge on any atom is -0.468 e. The van der Waals surface area contributed by atoms with Crippen molar-refractivity contribution in [3.05, 3.63) is 69.1 Å². The average Bonchev–Trinajstić information content (AvgIpc) is 3.19. The number of furan rings is 1. The Morgan fingerprint density at radius 1 is 1.07 bits per heavy atom. The average molecular weight is 387 g/mol. The maximum absolute atomic E-state index is 12.4. The number of aromatic nitrogens is 2. The fourth-order valence-electron chi connectivity index (χ4n) is 2.87. The molecule has 0 saturated heterocycles. The molecule has 1 aromatic carbocycles. The monoisotopic (exact) mass is 387 g/mol. The van der Waals surface area contributed by atoms with Crippen LogP contribution in [-0.4, -0.2) is 27.3 Å². The number of amides is 1. The van der Waals surface area contributed by atoms with Gasteiger partial charge >= 0.3 is 11.1 Å². The van der Waals surface area contributed by atoms with Crippen molar-refractivity contribution in [2.45, 2.75) is 25.8 Å². The number of aryl methyl sites for hydroxylation is 1. The summed E-state index contributed by atoms with van der Waals surface area (Å²) in [4.78, 5) is 37.0. The number of thioether (sulfide) groups is 1. The molecule has 1 amide bonds. The van der Waals surface area contributed by atoms with E-state index in [-0.39, 0.29) is 12.5 Å². The largest absolute Gasteiger partial charge is 0.468 e. The van der Waals surface area contributed by atoms with Crippen LogP contribution >= 0.6 is 11.8 Å². The summed E-state index contributed by atoms with van der Waals surface area (Å²) < 4.78 is 7.92. The molecule has 0 saturated carbocycles. The van der Waals surface area contributed by atoms with Crippen molar-refractivity contribution in [1.82, 2.24) is 14.5 Å². The number of rotatable bonds is 8. The maximum Gasteiger partial charge on any atom is 0.317 e. The Kier molecular flexibility index (Phi) is 6.18. The standard InChI is InChI=1S/C19H21N3O4S/c1-2-21-15-7-3-4-8-16(15)22(19(25)18(21)24)12-17(23)20-9-11-27-13-14-6-5-10-26-14/h3-8,10H,2,9,11-13H2,1H3,(H,20,23). The summed E-state index contributed by atoms with van der Waals surface area (Å²) >= 11 is 1.64. The zero-order valence-corrected chi connectivity index (χ0v) is 15.8. The van der Waals surface area contributed by atoms with Crippen LogP contribution in [0, 0.1) is 0 Å². The SMILES string of the molecule is CCn1c(=O)c(=O)n(CC(=O)NCCSCc2ccco2)c2ccccc21. The van der Waals surface area contributed by atoms with Gasteiger partial charge in [0.1, 0.15) is 12.3 Å². The van der Waals surface area contributed by atoms with E-state index in [4.69, 9.17) is 4.42 Å². The fourth-order valence-corrected chi connectivity index (χ4v) is 3.63. The second kappa shape index (κ2) is 8.77. The Hall–Kier alpha value is -2.74. The van der Waals surface area contributed by atoms with Gasteiger partial charge in [0.25, 0.3) is 0 Å². The number of benzene rings is 1. The molecule has 7 nitrogen and oxygen atoms in total. The molecule has 1 N–H and O–H groups in total. The van der Waals surface area contributed by atoms with Gasteiger partial charge in [0.15, 0.2) is 0 Å². The summed E-state index contributed by atoms with van der Waals surface area (Å²) in [5.41, 5.74) is -0.0754. The van der Waals surface area contributed by atoms with Crippen LogP contribution in [0.3, 0.4) is 0 Å². The van der Waals surface area contributed by atoms with E-state index < -0.39 is 11.1 Å². The molecule has 0 fully saturated rings. The molecule has 0 radical (unpaired) electrons. The number of hydrogen-bond acceptors (Lipinski definition) is 5. The first kappa shape index (κ1) is 19.0. The highest BCUT2D eigenvalue weighted by atomic mass is 32.2. The lowest BCUT2D eigenvalue weighted by Gasteiger charge is -2.13. The van der Waals surface area contributed by atoms with Gasteiger partial charge in [-0.05, 0) is 31.2 Å². The van der Waals surface area contributed by atoms with Crippen molar-refractivity contribution in [2.75, 3.05) is 12.3 Å². The number of para-hydroxylation sites is 2. The van der Waals surface area contributed by atoms with Crippen LogP contribution in [-0.2, 0) is 23.6 Å². The molecule has 0 bridgehead atoms. The van der Waals surface area contributed by atoms with E-state index in [1.165, 1.54) is 9.13 Å². The number of nitrogens with zero attached hydrogens (tertiary/aromatic N) is 2. The van der Waals surface area contributed by atoms with Crippen LogP contribution in [0.15, 0.2) is 56.7 Å². The van der Waals surface area contributed by atoms with Gasteiger partial charge in [0.2, 0.25) is 5.91 Å². The molecule has 2 aromatic heterocycles. The van der Waals surface area contributed by atoms with E-state index in [0.29, 0.717) is 24.1 Å². The molecular weight excluding hydrogens is 366 g/mol. The molecule has 2 heterocycles. The van der Waals surface area contributed by atoms with Gasteiger partial charge in [0.05, 0.1) is 23.0 Å². The molecule has 0 aliphatic carbocycles. The van der Waals surface area contributed by atoms with Gasteiger partial charge in [0, 0.05) is 18.8 Å². The van der Waals surface area contributed by atoms with Gasteiger partial charge in [-0.25, -0.2) is 0 Å². The predicted octanol–water partition coefficient (Wildman–Crippen LogP) is 1.83. The van der Waals surface area contributed by atoms with Crippen LogP contribution in [0.4, 0.5) is 0 Å². The Morgan fingerprint density at radius 2 is 1.78 bits per heavy atom. The molecule has 0 unspecified atom stereocenters. The smallest absolute Gasteiger partial charge is 0.317 e. The van der Waals surface area contributed by atoms with Crippen molar-refractivity contribution in [1.29, 1.82) is 0 Å². The Labute approximate surface area is 160 Å². The van der Waals surface area contributed by atoms with E-state index >= 15 is 0 Å². The molecule has 3 rings (SSSR count).